The van der Waals surface area contributed by atoms with Gasteiger partial charge in [-0.3, -0.25) is 57.5 Å². The van der Waals surface area contributed by atoms with E-state index in [0.717, 1.165) is 38.5 Å². The number of carboxylic acid groups (broad SMARTS) is 1. The fourth-order valence-corrected chi connectivity index (χ4v) is 6.86. The standard InChI is InChI=1S/C46H73N11O16/c1-3-4-5-6-7-8-9-10-11-12-17-50-41(68)33(22-39(65)66)56-45(72)32(21-37(49)63)55-46(73)34(25-59)57-44(71)31(20-36(48)62)52-38(64)23-51-42(69)30(19-35(47)61)54-43(70)29(53-40(67)26(2)24-58)18-27-13-15-28(60)16-14-27/h13-16,26,29-34,58-60H,3-12,17-25H2,1-2H3,(H2,47,61)(H2,48,62)(H2,49,63)(H,50,68)(H,51,69)(H,52,64)(H,53,67)(H,54,70)(H,55,73)(H,56,72)(H,57,71)(H,65,66)/t26-,29-,30-,31+,32+,33+,34+/m1/s1. The number of aliphatic carboxylic acids is 1. The Bertz CT molecular complexity index is 2040. The highest BCUT2D eigenvalue weighted by molar-refractivity contribution is 6.00. The fourth-order valence-electron chi connectivity index (χ4n) is 6.86. The Morgan fingerprint density at radius 2 is 0.877 bits per heavy atom. The van der Waals surface area contributed by atoms with Crippen molar-refractivity contribution in [3.8, 4) is 5.75 Å². The van der Waals surface area contributed by atoms with Gasteiger partial charge in [-0.15, -0.1) is 0 Å². The Balaban J connectivity index is 3.04. The predicted molar refractivity (Wildman–Crippen MR) is 258 cm³/mol. The highest BCUT2D eigenvalue weighted by atomic mass is 16.4. The second-order valence-corrected chi connectivity index (χ2v) is 17.4. The van der Waals surface area contributed by atoms with Gasteiger partial charge in [-0.05, 0) is 24.1 Å². The predicted octanol–water partition coefficient (Wildman–Crippen LogP) is -4.28. The van der Waals surface area contributed by atoms with E-state index in [1.807, 2.05) is 5.32 Å². The summed E-state index contributed by atoms with van der Waals surface area (Å²) in [7, 11) is 0. The fraction of sp³-hybridized carbons (Fsp3) is 0.609. The van der Waals surface area contributed by atoms with Crippen molar-refractivity contribution in [2.45, 2.75) is 146 Å². The third-order valence-corrected chi connectivity index (χ3v) is 10.9. The van der Waals surface area contributed by atoms with E-state index in [4.69, 9.17) is 17.2 Å². The van der Waals surface area contributed by atoms with Gasteiger partial charge in [-0.1, -0.05) is 83.8 Å². The number of hydrogen-bond donors (Lipinski definition) is 15. The molecule has 0 fully saturated rings. The summed E-state index contributed by atoms with van der Waals surface area (Å²) in [6.07, 6.45) is 6.60. The minimum absolute atomic E-state index is 0.0942. The number of unbranched alkanes of at least 4 members (excludes halogenated alkanes) is 9. The van der Waals surface area contributed by atoms with Crippen molar-refractivity contribution in [3.63, 3.8) is 0 Å². The summed E-state index contributed by atoms with van der Waals surface area (Å²) in [4.78, 5) is 153. The van der Waals surface area contributed by atoms with Crippen LogP contribution in [0, 0.1) is 5.92 Å². The zero-order valence-electron chi connectivity index (χ0n) is 41.2. The minimum Gasteiger partial charge on any atom is -0.508 e. The maximum absolute atomic E-state index is 13.5. The van der Waals surface area contributed by atoms with Gasteiger partial charge >= 0.3 is 5.97 Å². The lowest BCUT2D eigenvalue weighted by Crippen LogP contribution is -2.60. The molecule has 1 aromatic carbocycles. The number of benzene rings is 1. The van der Waals surface area contributed by atoms with Crippen molar-refractivity contribution in [1.82, 2.24) is 42.5 Å². The average molecular weight is 1040 g/mol. The Hall–Kier alpha value is -7.42. The van der Waals surface area contributed by atoms with Crippen LogP contribution in [0.15, 0.2) is 24.3 Å². The lowest BCUT2D eigenvalue weighted by molar-refractivity contribution is -0.141. The quantitative estimate of drug-likeness (QED) is 0.0279. The van der Waals surface area contributed by atoms with E-state index < -0.39 is 159 Å². The first-order valence-corrected chi connectivity index (χ1v) is 23.9. The van der Waals surface area contributed by atoms with Gasteiger partial charge in [0.15, 0.2) is 0 Å². The third-order valence-electron chi connectivity index (χ3n) is 10.9. The molecule has 1 aromatic rings. The number of phenols is 1. The maximum Gasteiger partial charge on any atom is 0.305 e. The molecule has 18 N–H and O–H groups in total. The molecule has 0 aliphatic heterocycles. The molecule has 0 aliphatic rings. The average Bonchev–Trinajstić information content (AvgIpc) is 3.32. The first-order chi connectivity index (χ1) is 34.5. The first kappa shape index (κ1) is 63.6. The van der Waals surface area contributed by atoms with E-state index in [1.54, 1.807) is 0 Å². The molecule has 27 nitrogen and oxygen atoms in total. The molecular formula is C46H73N11O16. The van der Waals surface area contributed by atoms with E-state index in [0.29, 0.717) is 12.0 Å². The van der Waals surface area contributed by atoms with Crippen molar-refractivity contribution >= 4 is 70.9 Å². The minimum atomic E-state index is -1.96. The number of nitrogens with one attached hydrogen (secondary N) is 8. The Morgan fingerprint density at radius 3 is 1.34 bits per heavy atom. The monoisotopic (exact) mass is 1040 g/mol. The van der Waals surface area contributed by atoms with Gasteiger partial charge in [0.2, 0.25) is 65.0 Å². The smallest absolute Gasteiger partial charge is 0.305 e. The van der Waals surface area contributed by atoms with Gasteiger partial charge in [-0.25, -0.2) is 0 Å². The van der Waals surface area contributed by atoms with Crippen LogP contribution < -0.4 is 59.7 Å². The Labute approximate surface area is 422 Å². The van der Waals surface area contributed by atoms with Crippen molar-refractivity contribution in [2.75, 3.05) is 26.3 Å². The molecule has 73 heavy (non-hydrogen) atoms. The van der Waals surface area contributed by atoms with Crippen LogP contribution in [0.3, 0.4) is 0 Å². The highest BCUT2D eigenvalue weighted by Crippen LogP contribution is 2.13. The molecule has 0 spiro atoms. The number of hydrogen-bond acceptors (Lipinski definition) is 15. The third kappa shape index (κ3) is 27.1. The number of nitrogens with two attached hydrogens (primary N) is 3. The lowest BCUT2D eigenvalue weighted by atomic mass is 10.0. The Morgan fingerprint density at radius 1 is 0.479 bits per heavy atom. The number of aliphatic hydroxyl groups is 2. The second-order valence-electron chi connectivity index (χ2n) is 17.4. The molecule has 0 saturated carbocycles. The largest absolute Gasteiger partial charge is 0.508 e. The summed E-state index contributed by atoms with van der Waals surface area (Å²) < 4.78 is 0. The highest BCUT2D eigenvalue weighted by Gasteiger charge is 2.34. The molecule has 0 radical (unpaired) electrons. The van der Waals surface area contributed by atoms with Crippen LogP contribution in [0.2, 0.25) is 0 Å². The van der Waals surface area contributed by atoms with Gasteiger partial charge in [0.05, 0.1) is 51.4 Å². The number of aromatic hydroxyl groups is 1. The number of carbonyl (C=O) groups excluding carboxylic acids is 11. The van der Waals surface area contributed by atoms with Gasteiger partial charge in [0, 0.05) is 13.0 Å². The molecule has 0 heterocycles. The summed E-state index contributed by atoms with van der Waals surface area (Å²) in [5.41, 5.74) is 16.3. The van der Waals surface area contributed by atoms with E-state index in [9.17, 15) is 78.0 Å². The van der Waals surface area contributed by atoms with Gasteiger partial charge in [0.25, 0.3) is 0 Å². The van der Waals surface area contributed by atoms with Crippen LogP contribution in [0.25, 0.3) is 0 Å². The molecule has 408 valence electrons. The number of primary amides is 3. The van der Waals surface area contributed by atoms with E-state index in [-0.39, 0.29) is 18.7 Å². The molecule has 11 amide bonds. The van der Waals surface area contributed by atoms with Crippen LogP contribution in [0.1, 0.15) is 109 Å². The summed E-state index contributed by atoms with van der Waals surface area (Å²) in [6.45, 7) is 0.944. The molecular weight excluding hydrogens is 963 g/mol. The molecule has 0 saturated heterocycles. The first-order valence-electron chi connectivity index (χ1n) is 23.9. The van der Waals surface area contributed by atoms with Crippen LogP contribution in [-0.4, -0.2) is 154 Å². The van der Waals surface area contributed by atoms with E-state index in [1.165, 1.54) is 50.5 Å². The lowest BCUT2D eigenvalue weighted by Gasteiger charge is -2.25. The SMILES string of the molecule is CCCCCCCCCCCCNC(=O)[C@H](CC(=O)O)NC(=O)[C@H](CC(N)=O)NC(=O)[C@H](CO)NC(=O)[C@H](CC(N)=O)NC(=O)CNC(=O)[C@@H](CC(N)=O)NC(=O)[C@@H](Cc1ccc(O)cc1)NC(=O)[C@H](C)CO. The number of rotatable bonds is 38. The Kier molecular flexibility index (Phi) is 30.3. The molecule has 0 unspecified atom stereocenters. The van der Waals surface area contributed by atoms with Crippen molar-refractivity contribution in [2.24, 2.45) is 23.1 Å². The van der Waals surface area contributed by atoms with E-state index >= 15 is 0 Å². The van der Waals surface area contributed by atoms with Crippen LogP contribution in [0.5, 0.6) is 5.75 Å². The van der Waals surface area contributed by atoms with Gasteiger partial charge < -0.3 is 80.2 Å². The topological polar surface area (TPSA) is 460 Å². The molecule has 0 aromatic heterocycles. The summed E-state index contributed by atoms with van der Waals surface area (Å²) in [5.74, 6) is -14.7. The number of carbonyl (C=O) groups is 12. The zero-order valence-corrected chi connectivity index (χ0v) is 41.2. The summed E-state index contributed by atoms with van der Waals surface area (Å²) in [6, 6.07) is -5.03. The molecule has 0 bridgehead atoms. The van der Waals surface area contributed by atoms with E-state index in [2.05, 4.69) is 44.1 Å². The number of amides is 11. The van der Waals surface area contributed by atoms with Gasteiger partial charge in [0.1, 0.15) is 42.0 Å². The van der Waals surface area contributed by atoms with Crippen LogP contribution in [-0.2, 0) is 64.0 Å². The van der Waals surface area contributed by atoms with Crippen molar-refractivity contribution < 1.29 is 78.0 Å². The molecule has 27 heteroatoms. The summed E-state index contributed by atoms with van der Waals surface area (Å²) >= 11 is 0. The molecule has 7 atom stereocenters. The van der Waals surface area contributed by atoms with Gasteiger partial charge in [-0.2, -0.15) is 0 Å². The number of carboxylic acids is 1. The molecule has 1 rings (SSSR count). The van der Waals surface area contributed by atoms with Crippen molar-refractivity contribution in [3.05, 3.63) is 29.8 Å². The van der Waals surface area contributed by atoms with Crippen molar-refractivity contribution in [1.29, 1.82) is 0 Å². The van der Waals surface area contributed by atoms with Crippen LogP contribution >= 0.6 is 0 Å². The normalized spacial score (nSPS) is 13.7. The molecule has 0 aliphatic carbocycles. The number of aliphatic hydroxyl groups excluding tert-OH is 2. The number of phenolic OH excluding ortho intramolecular Hbond substituents is 1. The zero-order chi connectivity index (χ0) is 55.0. The summed E-state index contributed by atoms with van der Waals surface area (Å²) in [5, 5.41) is 56.4. The van der Waals surface area contributed by atoms with Crippen LogP contribution in [0.4, 0.5) is 0 Å². The second kappa shape index (κ2) is 34.8. The maximum atomic E-state index is 13.5.